The third kappa shape index (κ3) is 4.56. The van der Waals surface area contributed by atoms with Crippen LogP contribution < -0.4 is 10.1 Å². The van der Waals surface area contributed by atoms with Gasteiger partial charge in [0.05, 0.1) is 24.2 Å². The maximum atomic E-state index is 12.6. The average Bonchev–Trinajstić information content (AvgIpc) is 3.26. The van der Waals surface area contributed by atoms with E-state index in [2.05, 4.69) is 10.4 Å². The first kappa shape index (κ1) is 20.8. The number of rotatable bonds is 8. The van der Waals surface area contributed by atoms with Gasteiger partial charge in [0.15, 0.2) is 0 Å². The van der Waals surface area contributed by atoms with Crippen LogP contribution in [0.4, 0.5) is 10.7 Å². The zero-order valence-electron chi connectivity index (χ0n) is 16.2. The maximum Gasteiger partial charge on any atom is 0.350 e. The number of aryl methyl sites for hydroxylation is 1. The molecule has 0 saturated heterocycles. The second kappa shape index (κ2) is 9.03. The van der Waals surface area contributed by atoms with Gasteiger partial charge in [0, 0.05) is 4.88 Å². The Hall–Kier alpha value is -2.95. The fourth-order valence-electron chi connectivity index (χ4n) is 3.19. The molecule has 29 heavy (non-hydrogen) atoms. The van der Waals surface area contributed by atoms with Crippen molar-refractivity contribution in [1.82, 2.24) is 9.78 Å². The molecule has 2 aromatic rings. The SMILES string of the molecule is CCCOC(=O)c1c(NC(=O)Cn2cc([N+](=O)[O-])c(OC)n2)sc2c1CCCC2. The summed E-state index contributed by atoms with van der Waals surface area (Å²) in [4.78, 5) is 36.6. The molecule has 1 amide bonds. The molecule has 3 rings (SSSR count). The first-order valence-electron chi connectivity index (χ1n) is 9.31. The molecule has 0 spiro atoms. The molecule has 0 fully saturated rings. The van der Waals surface area contributed by atoms with Gasteiger partial charge in [-0.1, -0.05) is 6.92 Å². The predicted octanol–water partition coefficient (Wildman–Crippen LogP) is 2.95. The van der Waals surface area contributed by atoms with E-state index in [0.717, 1.165) is 47.0 Å². The lowest BCUT2D eigenvalue weighted by Gasteiger charge is -2.12. The van der Waals surface area contributed by atoms with Crippen molar-refractivity contribution in [2.75, 3.05) is 19.0 Å². The Balaban J connectivity index is 1.80. The molecule has 0 radical (unpaired) electrons. The second-order valence-corrected chi connectivity index (χ2v) is 7.68. The van der Waals surface area contributed by atoms with Gasteiger partial charge in [-0.25, -0.2) is 4.79 Å². The highest BCUT2D eigenvalue weighted by molar-refractivity contribution is 7.17. The monoisotopic (exact) mass is 422 g/mol. The topological polar surface area (TPSA) is 126 Å². The van der Waals surface area contributed by atoms with Crippen LogP contribution in [0.1, 0.15) is 47.0 Å². The molecule has 0 aliphatic heterocycles. The zero-order valence-corrected chi connectivity index (χ0v) is 17.0. The van der Waals surface area contributed by atoms with Gasteiger partial charge < -0.3 is 14.8 Å². The highest BCUT2D eigenvalue weighted by atomic mass is 32.1. The van der Waals surface area contributed by atoms with Gasteiger partial charge in [-0.2, -0.15) is 0 Å². The van der Waals surface area contributed by atoms with Crippen molar-refractivity contribution in [3.63, 3.8) is 0 Å². The summed E-state index contributed by atoms with van der Waals surface area (Å²) in [5.41, 5.74) is 1.06. The highest BCUT2D eigenvalue weighted by Gasteiger charge is 2.28. The van der Waals surface area contributed by atoms with E-state index in [0.29, 0.717) is 23.6 Å². The first-order chi connectivity index (χ1) is 13.9. The van der Waals surface area contributed by atoms with E-state index in [9.17, 15) is 19.7 Å². The Kier molecular flexibility index (Phi) is 6.47. The summed E-state index contributed by atoms with van der Waals surface area (Å²) < 4.78 is 11.3. The molecule has 2 heterocycles. The molecule has 0 bridgehead atoms. The molecule has 1 aliphatic rings. The predicted molar refractivity (Wildman–Crippen MR) is 106 cm³/mol. The van der Waals surface area contributed by atoms with Crippen molar-refractivity contribution in [2.45, 2.75) is 45.6 Å². The van der Waals surface area contributed by atoms with Crippen molar-refractivity contribution in [2.24, 2.45) is 0 Å². The number of methoxy groups -OCH3 is 1. The summed E-state index contributed by atoms with van der Waals surface area (Å²) in [6.07, 6.45) is 5.52. The minimum atomic E-state index is -0.630. The van der Waals surface area contributed by atoms with E-state index < -0.39 is 16.8 Å². The number of nitrogens with one attached hydrogen (secondary N) is 1. The van der Waals surface area contributed by atoms with Crippen molar-refractivity contribution < 1.29 is 24.0 Å². The number of esters is 1. The minimum Gasteiger partial charge on any atom is -0.475 e. The molecule has 11 heteroatoms. The molecule has 1 N–H and O–H groups in total. The van der Waals surface area contributed by atoms with E-state index in [1.807, 2.05) is 6.92 Å². The van der Waals surface area contributed by atoms with Crippen LogP contribution in [0.5, 0.6) is 5.88 Å². The Bertz CT molecular complexity index is 935. The summed E-state index contributed by atoms with van der Waals surface area (Å²) in [6.45, 7) is 1.97. The second-order valence-electron chi connectivity index (χ2n) is 6.58. The molecule has 0 aromatic carbocycles. The van der Waals surface area contributed by atoms with Crippen molar-refractivity contribution in [1.29, 1.82) is 0 Å². The van der Waals surface area contributed by atoms with Crippen molar-refractivity contribution in [3.8, 4) is 5.88 Å². The molecule has 10 nitrogen and oxygen atoms in total. The van der Waals surface area contributed by atoms with Crippen LogP contribution in [0.25, 0.3) is 0 Å². The number of hydrogen-bond donors (Lipinski definition) is 1. The standard InChI is InChI=1S/C18H22N4O6S/c1-3-8-28-18(24)15-11-6-4-5-7-13(11)29-17(15)19-14(23)10-21-9-12(22(25)26)16(20-21)27-2/h9H,3-8,10H2,1-2H3,(H,19,23). The number of amides is 1. The number of carbonyl (C=O) groups is 2. The number of anilines is 1. The van der Waals surface area contributed by atoms with E-state index >= 15 is 0 Å². The quantitative estimate of drug-likeness (QED) is 0.394. The largest absolute Gasteiger partial charge is 0.475 e. The number of nitro groups is 1. The number of hydrogen-bond acceptors (Lipinski definition) is 8. The Morgan fingerprint density at radius 1 is 1.38 bits per heavy atom. The lowest BCUT2D eigenvalue weighted by atomic mass is 9.95. The molecule has 0 saturated carbocycles. The summed E-state index contributed by atoms with van der Waals surface area (Å²) in [5, 5.41) is 18.1. The number of thiophene rings is 1. The highest BCUT2D eigenvalue weighted by Crippen LogP contribution is 2.38. The Labute approximate surface area is 170 Å². The summed E-state index contributed by atoms with van der Waals surface area (Å²) in [6, 6.07) is 0. The lowest BCUT2D eigenvalue weighted by Crippen LogP contribution is -2.20. The maximum absolute atomic E-state index is 12.6. The van der Waals surface area contributed by atoms with Crippen LogP contribution in [0.15, 0.2) is 6.20 Å². The van der Waals surface area contributed by atoms with Gasteiger partial charge >= 0.3 is 17.5 Å². The minimum absolute atomic E-state index is 0.168. The van der Waals surface area contributed by atoms with E-state index in [1.54, 1.807) is 0 Å². The Morgan fingerprint density at radius 3 is 2.79 bits per heavy atom. The number of ether oxygens (including phenoxy) is 2. The van der Waals surface area contributed by atoms with Gasteiger partial charge in [0.2, 0.25) is 5.91 Å². The number of aromatic nitrogens is 2. The van der Waals surface area contributed by atoms with E-state index in [1.165, 1.54) is 18.4 Å². The zero-order chi connectivity index (χ0) is 21.0. The fourth-order valence-corrected chi connectivity index (χ4v) is 4.49. The van der Waals surface area contributed by atoms with Gasteiger partial charge in [-0.05, 0) is 37.7 Å². The molecular weight excluding hydrogens is 400 g/mol. The normalized spacial score (nSPS) is 12.9. The van der Waals surface area contributed by atoms with Gasteiger partial charge in [-0.3, -0.25) is 19.6 Å². The third-order valence-corrected chi connectivity index (χ3v) is 5.68. The van der Waals surface area contributed by atoms with E-state index in [4.69, 9.17) is 9.47 Å². The van der Waals surface area contributed by atoms with Crippen LogP contribution in [0.3, 0.4) is 0 Å². The molecule has 156 valence electrons. The van der Waals surface area contributed by atoms with Crippen molar-refractivity contribution >= 4 is 33.9 Å². The number of carbonyl (C=O) groups excluding carboxylic acids is 2. The van der Waals surface area contributed by atoms with Crippen LogP contribution in [0, 0.1) is 10.1 Å². The number of fused-ring (bicyclic) bond motifs is 1. The summed E-state index contributed by atoms with van der Waals surface area (Å²) >= 11 is 1.39. The van der Waals surface area contributed by atoms with Crippen LogP contribution >= 0.6 is 11.3 Å². The van der Waals surface area contributed by atoms with Crippen molar-refractivity contribution in [3.05, 3.63) is 32.3 Å². The van der Waals surface area contributed by atoms with Crippen LogP contribution in [0.2, 0.25) is 0 Å². The average molecular weight is 422 g/mol. The fraction of sp³-hybridized carbons (Fsp3) is 0.500. The van der Waals surface area contributed by atoms with Crippen LogP contribution in [-0.4, -0.2) is 40.3 Å². The Morgan fingerprint density at radius 2 is 2.14 bits per heavy atom. The molecule has 0 unspecified atom stereocenters. The molecule has 1 aliphatic carbocycles. The smallest absolute Gasteiger partial charge is 0.350 e. The molecular formula is C18H22N4O6S. The van der Waals surface area contributed by atoms with Gasteiger partial charge in [0.25, 0.3) is 0 Å². The summed E-state index contributed by atoms with van der Waals surface area (Å²) in [7, 11) is 1.27. The van der Waals surface area contributed by atoms with E-state index in [-0.39, 0.29) is 18.1 Å². The molecule has 0 atom stereocenters. The first-order valence-corrected chi connectivity index (χ1v) is 10.1. The lowest BCUT2D eigenvalue weighted by molar-refractivity contribution is -0.385. The third-order valence-electron chi connectivity index (χ3n) is 4.47. The van der Waals surface area contributed by atoms with Gasteiger partial charge in [0.1, 0.15) is 17.7 Å². The molecule has 2 aromatic heterocycles. The van der Waals surface area contributed by atoms with Crippen LogP contribution in [-0.2, 0) is 28.9 Å². The summed E-state index contributed by atoms with van der Waals surface area (Å²) in [5.74, 6) is -1.05. The van der Waals surface area contributed by atoms with Gasteiger partial charge in [-0.15, -0.1) is 16.4 Å². The number of nitrogens with zero attached hydrogens (tertiary/aromatic N) is 3.